The Kier molecular flexibility index (Phi) is 4.81. The van der Waals surface area contributed by atoms with Crippen LogP contribution in [0.25, 0.3) is 10.9 Å². The number of carbonyl (C=O) groups is 1. The molecule has 1 aliphatic rings. The maximum absolute atomic E-state index is 13.3. The first-order valence-electron chi connectivity index (χ1n) is 8.85. The molecule has 0 bridgehead atoms. The zero-order chi connectivity index (χ0) is 20.6. The van der Waals surface area contributed by atoms with Crippen LogP contribution < -0.4 is 4.74 Å². The molecule has 150 valence electrons. The summed E-state index contributed by atoms with van der Waals surface area (Å²) in [6.45, 7) is 0.445. The molecule has 9 heteroatoms. The van der Waals surface area contributed by atoms with E-state index in [-0.39, 0.29) is 23.9 Å². The van der Waals surface area contributed by atoms with Gasteiger partial charge in [0, 0.05) is 11.9 Å². The van der Waals surface area contributed by atoms with Gasteiger partial charge < -0.3 is 9.64 Å². The number of aromatic nitrogens is 2. The molecule has 4 rings (SSSR count). The van der Waals surface area contributed by atoms with E-state index in [4.69, 9.17) is 4.74 Å². The summed E-state index contributed by atoms with van der Waals surface area (Å²) in [5.41, 5.74) is -0.223. The van der Waals surface area contributed by atoms with Crippen molar-refractivity contribution in [2.24, 2.45) is 0 Å². The van der Waals surface area contributed by atoms with Gasteiger partial charge in [0.25, 0.3) is 5.91 Å². The van der Waals surface area contributed by atoms with Gasteiger partial charge >= 0.3 is 6.18 Å². The highest BCUT2D eigenvalue weighted by molar-refractivity contribution is 5.95. The monoisotopic (exact) mass is 405 g/mol. The SMILES string of the molecule is O=C(c1ccc2cc(Oc3ccc(C(F)(F)F)nc3)ccc2n1)N1CC[C@H](F)C1. The molecule has 3 aromatic rings. The molecular weight excluding hydrogens is 390 g/mol. The fourth-order valence-corrected chi connectivity index (χ4v) is 3.09. The largest absolute Gasteiger partial charge is 0.456 e. The number of ether oxygens (including phenoxy) is 1. The average molecular weight is 405 g/mol. The number of carbonyl (C=O) groups excluding carboxylic acids is 1. The number of pyridine rings is 2. The summed E-state index contributed by atoms with van der Waals surface area (Å²) in [6, 6.07) is 10.2. The number of hydrogen-bond donors (Lipinski definition) is 0. The van der Waals surface area contributed by atoms with Crippen molar-refractivity contribution in [2.75, 3.05) is 13.1 Å². The van der Waals surface area contributed by atoms with E-state index in [1.807, 2.05) is 0 Å². The second kappa shape index (κ2) is 7.31. The van der Waals surface area contributed by atoms with Gasteiger partial charge in [-0.1, -0.05) is 6.07 Å². The van der Waals surface area contributed by atoms with Crippen LogP contribution in [0.5, 0.6) is 11.5 Å². The summed E-state index contributed by atoms with van der Waals surface area (Å²) >= 11 is 0. The number of alkyl halides is 4. The minimum Gasteiger partial charge on any atom is -0.456 e. The van der Waals surface area contributed by atoms with Gasteiger partial charge in [0.1, 0.15) is 29.1 Å². The molecular formula is C20H15F4N3O2. The lowest BCUT2D eigenvalue weighted by molar-refractivity contribution is -0.141. The van der Waals surface area contributed by atoms with Crippen LogP contribution in [0.15, 0.2) is 48.7 Å². The van der Waals surface area contributed by atoms with Crippen LogP contribution >= 0.6 is 0 Å². The summed E-state index contributed by atoms with van der Waals surface area (Å²) in [5.74, 6) is 0.231. The van der Waals surface area contributed by atoms with Gasteiger partial charge in [-0.2, -0.15) is 13.2 Å². The molecule has 29 heavy (non-hydrogen) atoms. The molecule has 2 aromatic heterocycles. The van der Waals surface area contributed by atoms with Gasteiger partial charge in [0.15, 0.2) is 0 Å². The summed E-state index contributed by atoms with van der Waals surface area (Å²) in [5, 5.41) is 0.684. The maximum atomic E-state index is 13.3. The minimum absolute atomic E-state index is 0.0759. The Labute approximate surface area is 162 Å². The van der Waals surface area contributed by atoms with E-state index in [0.29, 0.717) is 29.6 Å². The number of halogens is 4. The Balaban J connectivity index is 1.52. The van der Waals surface area contributed by atoms with Crippen molar-refractivity contribution in [1.82, 2.24) is 14.9 Å². The van der Waals surface area contributed by atoms with Crippen molar-refractivity contribution in [1.29, 1.82) is 0 Å². The van der Waals surface area contributed by atoms with Crippen molar-refractivity contribution < 1.29 is 27.1 Å². The molecule has 0 unspecified atom stereocenters. The number of benzene rings is 1. The molecule has 0 spiro atoms. The first kappa shape index (κ1) is 19.1. The number of likely N-dealkylation sites (tertiary alicyclic amines) is 1. The van der Waals surface area contributed by atoms with E-state index in [9.17, 15) is 22.4 Å². The molecule has 1 amide bonds. The predicted molar refractivity (Wildman–Crippen MR) is 96.5 cm³/mol. The molecule has 5 nitrogen and oxygen atoms in total. The number of fused-ring (bicyclic) bond motifs is 1. The van der Waals surface area contributed by atoms with E-state index in [2.05, 4.69) is 9.97 Å². The predicted octanol–water partition coefficient (Wildman–Crippen LogP) is 4.62. The molecule has 1 aromatic carbocycles. The summed E-state index contributed by atoms with van der Waals surface area (Å²) in [7, 11) is 0. The van der Waals surface area contributed by atoms with Crippen LogP contribution in [0, 0.1) is 0 Å². The fraction of sp³-hybridized carbons (Fsp3) is 0.250. The van der Waals surface area contributed by atoms with Gasteiger partial charge in [-0.05, 0) is 42.8 Å². The first-order valence-corrected chi connectivity index (χ1v) is 8.85. The zero-order valence-corrected chi connectivity index (χ0v) is 15.0. The third kappa shape index (κ3) is 4.13. The number of amides is 1. The Hall–Kier alpha value is -3.23. The molecule has 1 saturated heterocycles. The number of nitrogens with zero attached hydrogens (tertiary/aromatic N) is 3. The third-order valence-corrected chi connectivity index (χ3v) is 4.56. The van der Waals surface area contributed by atoms with Crippen molar-refractivity contribution in [3.8, 4) is 11.5 Å². The van der Waals surface area contributed by atoms with Gasteiger partial charge in [-0.3, -0.25) is 4.79 Å². The number of rotatable bonds is 3. The Bertz CT molecular complexity index is 1050. The van der Waals surface area contributed by atoms with Crippen LogP contribution in [-0.4, -0.2) is 40.0 Å². The lowest BCUT2D eigenvalue weighted by Crippen LogP contribution is -2.29. The van der Waals surface area contributed by atoms with Crippen LogP contribution in [0.2, 0.25) is 0 Å². The van der Waals surface area contributed by atoms with Crippen molar-refractivity contribution in [3.63, 3.8) is 0 Å². The van der Waals surface area contributed by atoms with Crippen LogP contribution in [0.4, 0.5) is 17.6 Å². The highest BCUT2D eigenvalue weighted by Gasteiger charge is 2.32. The molecule has 0 aliphatic carbocycles. The normalized spacial score (nSPS) is 17.0. The molecule has 1 fully saturated rings. The quantitative estimate of drug-likeness (QED) is 0.597. The van der Waals surface area contributed by atoms with Crippen LogP contribution in [0.1, 0.15) is 22.6 Å². The maximum Gasteiger partial charge on any atom is 0.433 e. The number of hydrogen-bond acceptors (Lipinski definition) is 4. The minimum atomic E-state index is -4.51. The summed E-state index contributed by atoms with van der Waals surface area (Å²) in [4.78, 5) is 21.5. The Morgan fingerprint density at radius 1 is 1.10 bits per heavy atom. The van der Waals surface area contributed by atoms with Crippen LogP contribution in [-0.2, 0) is 6.18 Å². The summed E-state index contributed by atoms with van der Waals surface area (Å²) in [6.07, 6.45) is -4.18. The molecule has 1 atom stereocenters. The van der Waals surface area contributed by atoms with Gasteiger partial charge in [-0.25, -0.2) is 14.4 Å². The topological polar surface area (TPSA) is 55.3 Å². The second-order valence-electron chi connectivity index (χ2n) is 6.67. The molecule has 3 heterocycles. The van der Waals surface area contributed by atoms with Gasteiger partial charge in [0.2, 0.25) is 0 Å². The fourth-order valence-electron chi connectivity index (χ4n) is 3.09. The van der Waals surface area contributed by atoms with E-state index in [1.54, 1.807) is 30.3 Å². The Morgan fingerprint density at radius 2 is 1.90 bits per heavy atom. The van der Waals surface area contributed by atoms with Crippen molar-refractivity contribution in [2.45, 2.75) is 18.8 Å². The first-order chi connectivity index (χ1) is 13.8. The molecule has 0 saturated carbocycles. The molecule has 1 aliphatic heterocycles. The van der Waals surface area contributed by atoms with E-state index >= 15 is 0 Å². The zero-order valence-electron chi connectivity index (χ0n) is 15.0. The van der Waals surface area contributed by atoms with Gasteiger partial charge in [0.05, 0.1) is 18.3 Å². The molecule has 0 radical (unpaired) electrons. The van der Waals surface area contributed by atoms with Crippen molar-refractivity contribution in [3.05, 3.63) is 60.0 Å². The van der Waals surface area contributed by atoms with E-state index in [1.165, 1.54) is 11.0 Å². The Morgan fingerprint density at radius 3 is 2.55 bits per heavy atom. The average Bonchev–Trinajstić information content (AvgIpc) is 3.13. The lowest BCUT2D eigenvalue weighted by Gasteiger charge is -2.15. The van der Waals surface area contributed by atoms with E-state index in [0.717, 1.165) is 12.3 Å². The van der Waals surface area contributed by atoms with Gasteiger partial charge in [-0.15, -0.1) is 0 Å². The summed E-state index contributed by atoms with van der Waals surface area (Å²) < 4.78 is 56.6. The smallest absolute Gasteiger partial charge is 0.433 e. The standard InChI is InChI=1S/C20H15F4N3O2/c21-13-7-8-27(11-13)19(28)17-4-1-12-9-14(2-5-16(12)26-17)29-15-3-6-18(25-10-15)20(22,23)24/h1-6,9-10,13H,7-8,11H2/t13-/m0/s1. The highest BCUT2D eigenvalue weighted by Crippen LogP contribution is 2.30. The van der Waals surface area contributed by atoms with Crippen molar-refractivity contribution >= 4 is 16.8 Å². The van der Waals surface area contributed by atoms with Crippen LogP contribution in [0.3, 0.4) is 0 Å². The van der Waals surface area contributed by atoms with E-state index < -0.39 is 18.0 Å². The molecule has 0 N–H and O–H groups in total. The third-order valence-electron chi connectivity index (χ3n) is 4.56. The highest BCUT2D eigenvalue weighted by atomic mass is 19.4. The second-order valence-corrected chi connectivity index (χ2v) is 6.67. The lowest BCUT2D eigenvalue weighted by atomic mass is 10.2.